The van der Waals surface area contributed by atoms with Crippen LogP contribution in [0.15, 0.2) is 36.4 Å². The lowest BCUT2D eigenvalue weighted by molar-refractivity contribution is -0.129. The molecule has 0 aliphatic carbocycles. The number of nitrogens with zero attached hydrogens (tertiary/aromatic N) is 1. The molecule has 10 heteroatoms. The molecule has 2 atom stereocenters. The van der Waals surface area contributed by atoms with Crippen molar-refractivity contribution in [1.29, 1.82) is 0 Å². The van der Waals surface area contributed by atoms with Crippen LogP contribution in [0.4, 0.5) is 11.4 Å². The lowest BCUT2D eigenvalue weighted by Crippen LogP contribution is -2.44. The van der Waals surface area contributed by atoms with Crippen LogP contribution in [0.25, 0.3) is 0 Å². The molecule has 2 aromatic carbocycles. The van der Waals surface area contributed by atoms with Crippen molar-refractivity contribution in [3.8, 4) is 11.5 Å². The smallest absolute Gasteiger partial charge is 0.246 e. The third-order valence-electron chi connectivity index (χ3n) is 5.10. The zero-order valence-corrected chi connectivity index (χ0v) is 19.3. The van der Waals surface area contributed by atoms with E-state index in [2.05, 4.69) is 10.6 Å². The van der Waals surface area contributed by atoms with E-state index in [-0.39, 0.29) is 24.8 Å². The maximum Gasteiger partial charge on any atom is 0.246 e. The summed E-state index contributed by atoms with van der Waals surface area (Å²) in [5.41, 5.74) is 1.01. The third-order valence-corrected chi connectivity index (χ3v) is 5.65. The van der Waals surface area contributed by atoms with Crippen LogP contribution in [0.3, 0.4) is 0 Å². The summed E-state index contributed by atoms with van der Waals surface area (Å²) in [5, 5.41) is 6.25. The van der Waals surface area contributed by atoms with Gasteiger partial charge in [-0.2, -0.15) is 0 Å². The lowest BCUT2D eigenvalue weighted by Gasteiger charge is -2.21. The van der Waals surface area contributed by atoms with Crippen molar-refractivity contribution in [2.24, 2.45) is 5.92 Å². The number of ether oxygens (including phenoxy) is 2. The van der Waals surface area contributed by atoms with Gasteiger partial charge in [-0.05, 0) is 37.3 Å². The Kier molecular flexibility index (Phi) is 7.48. The van der Waals surface area contributed by atoms with Crippen LogP contribution < -0.4 is 25.0 Å². The summed E-state index contributed by atoms with van der Waals surface area (Å²) in [4.78, 5) is 39.2. The van der Waals surface area contributed by atoms with Crippen molar-refractivity contribution in [3.63, 3.8) is 0 Å². The van der Waals surface area contributed by atoms with Gasteiger partial charge in [0.05, 0.1) is 30.8 Å². The number of hydrogen-bond donors (Lipinski definition) is 2. The van der Waals surface area contributed by atoms with Crippen molar-refractivity contribution >= 4 is 52.3 Å². The average molecular weight is 480 g/mol. The van der Waals surface area contributed by atoms with Crippen molar-refractivity contribution in [1.82, 2.24) is 5.32 Å². The van der Waals surface area contributed by atoms with E-state index in [4.69, 9.17) is 32.7 Å². The number of benzene rings is 2. The van der Waals surface area contributed by atoms with E-state index < -0.39 is 17.9 Å². The molecule has 1 heterocycles. The molecule has 3 amide bonds. The summed E-state index contributed by atoms with van der Waals surface area (Å²) in [6.45, 7) is 1.71. The SMILES string of the molecule is COc1cc(OC)c(N2C[C@H](C(=O)N[C@@H](C)C(=O)Nc3ccc(Cl)cc3)CC2=O)cc1Cl. The number of hydrogen-bond acceptors (Lipinski definition) is 5. The van der Waals surface area contributed by atoms with Crippen LogP contribution in [0.5, 0.6) is 11.5 Å². The maximum atomic E-state index is 12.7. The molecule has 3 rings (SSSR count). The predicted octanol–water partition coefficient (Wildman–Crippen LogP) is 3.51. The van der Waals surface area contributed by atoms with E-state index in [0.29, 0.717) is 32.9 Å². The highest BCUT2D eigenvalue weighted by Gasteiger charge is 2.37. The number of carbonyl (C=O) groups excluding carboxylic acids is 3. The first-order valence-corrected chi connectivity index (χ1v) is 10.6. The monoisotopic (exact) mass is 479 g/mol. The number of rotatable bonds is 7. The molecular formula is C22H23Cl2N3O5. The van der Waals surface area contributed by atoms with Crippen LogP contribution in [0, 0.1) is 5.92 Å². The van der Waals surface area contributed by atoms with Crippen LogP contribution in [-0.4, -0.2) is 44.5 Å². The Morgan fingerprint density at radius 3 is 2.38 bits per heavy atom. The predicted molar refractivity (Wildman–Crippen MR) is 123 cm³/mol. The fourth-order valence-corrected chi connectivity index (χ4v) is 3.71. The first kappa shape index (κ1) is 23.7. The minimum absolute atomic E-state index is 0.00413. The van der Waals surface area contributed by atoms with E-state index in [9.17, 15) is 14.4 Å². The van der Waals surface area contributed by atoms with Crippen molar-refractivity contribution in [2.45, 2.75) is 19.4 Å². The normalized spacial score (nSPS) is 16.5. The molecular weight excluding hydrogens is 457 g/mol. The fraction of sp³-hybridized carbons (Fsp3) is 0.318. The van der Waals surface area contributed by atoms with E-state index in [0.717, 1.165) is 0 Å². The lowest BCUT2D eigenvalue weighted by atomic mass is 10.1. The van der Waals surface area contributed by atoms with Crippen molar-refractivity contribution in [2.75, 3.05) is 31.0 Å². The second kappa shape index (κ2) is 10.1. The summed E-state index contributed by atoms with van der Waals surface area (Å²) in [6.07, 6.45) is 0.00413. The molecule has 1 fully saturated rings. The molecule has 0 bridgehead atoms. The molecule has 2 N–H and O–H groups in total. The fourth-order valence-electron chi connectivity index (χ4n) is 3.35. The topological polar surface area (TPSA) is 97.0 Å². The number of nitrogens with one attached hydrogen (secondary N) is 2. The Morgan fingerprint density at radius 2 is 1.75 bits per heavy atom. The van der Waals surface area contributed by atoms with E-state index in [1.165, 1.54) is 19.1 Å². The van der Waals surface area contributed by atoms with E-state index in [1.807, 2.05) is 0 Å². The Labute approximate surface area is 195 Å². The van der Waals surface area contributed by atoms with Gasteiger partial charge in [0, 0.05) is 29.7 Å². The van der Waals surface area contributed by atoms with Gasteiger partial charge < -0.3 is 25.0 Å². The summed E-state index contributed by atoms with van der Waals surface area (Å²) in [5.74, 6) is -0.837. The number of amides is 3. The molecule has 170 valence electrons. The highest BCUT2D eigenvalue weighted by Crippen LogP contribution is 2.40. The minimum Gasteiger partial charge on any atom is -0.495 e. The molecule has 32 heavy (non-hydrogen) atoms. The molecule has 0 unspecified atom stereocenters. The second-order valence-electron chi connectivity index (χ2n) is 7.29. The van der Waals surface area contributed by atoms with Gasteiger partial charge >= 0.3 is 0 Å². The van der Waals surface area contributed by atoms with Crippen LogP contribution in [0.1, 0.15) is 13.3 Å². The first-order valence-electron chi connectivity index (χ1n) is 9.82. The first-order chi connectivity index (χ1) is 15.2. The second-order valence-corrected chi connectivity index (χ2v) is 8.13. The Balaban J connectivity index is 1.65. The number of anilines is 2. The van der Waals surface area contributed by atoms with Gasteiger partial charge in [-0.25, -0.2) is 0 Å². The van der Waals surface area contributed by atoms with E-state index >= 15 is 0 Å². The Morgan fingerprint density at radius 1 is 1.09 bits per heavy atom. The van der Waals surface area contributed by atoms with Gasteiger partial charge in [0.25, 0.3) is 0 Å². The summed E-state index contributed by atoms with van der Waals surface area (Å²) < 4.78 is 10.5. The summed E-state index contributed by atoms with van der Waals surface area (Å²) in [7, 11) is 2.95. The van der Waals surface area contributed by atoms with Gasteiger partial charge in [-0.3, -0.25) is 14.4 Å². The zero-order chi connectivity index (χ0) is 23.4. The molecule has 1 saturated heterocycles. The molecule has 0 saturated carbocycles. The summed E-state index contributed by atoms with van der Waals surface area (Å²) >= 11 is 12.1. The van der Waals surface area contributed by atoms with Crippen LogP contribution in [-0.2, 0) is 14.4 Å². The number of halogens is 2. The van der Waals surface area contributed by atoms with Crippen LogP contribution in [0.2, 0.25) is 10.0 Å². The van der Waals surface area contributed by atoms with Gasteiger partial charge in [0.2, 0.25) is 17.7 Å². The standard InChI is InChI=1S/C22H23Cl2N3O5/c1-12(21(29)26-15-6-4-14(23)5-7-15)25-22(30)13-8-20(28)27(11-13)17-9-16(24)18(31-2)10-19(17)32-3/h4-7,9-10,12-13H,8,11H2,1-3H3,(H,25,30)(H,26,29)/t12-,13+/m0/s1. The highest BCUT2D eigenvalue weighted by molar-refractivity contribution is 6.32. The van der Waals surface area contributed by atoms with Crippen molar-refractivity contribution in [3.05, 3.63) is 46.4 Å². The van der Waals surface area contributed by atoms with Gasteiger partial charge in [-0.15, -0.1) is 0 Å². The molecule has 0 spiro atoms. The van der Waals surface area contributed by atoms with Crippen LogP contribution >= 0.6 is 23.2 Å². The third kappa shape index (κ3) is 5.26. The maximum absolute atomic E-state index is 12.7. The molecule has 2 aromatic rings. The largest absolute Gasteiger partial charge is 0.495 e. The molecule has 1 aliphatic rings. The highest BCUT2D eigenvalue weighted by atomic mass is 35.5. The number of methoxy groups -OCH3 is 2. The van der Waals surface area contributed by atoms with E-state index in [1.54, 1.807) is 43.3 Å². The minimum atomic E-state index is -0.799. The Bertz CT molecular complexity index is 1030. The molecule has 1 aliphatic heterocycles. The molecule has 8 nitrogen and oxygen atoms in total. The quantitative estimate of drug-likeness (QED) is 0.633. The zero-order valence-electron chi connectivity index (χ0n) is 17.8. The van der Waals surface area contributed by atoms with Gasteiger partial charge in [-0.1, -0.05) is 23.2 Å². The van der Waals surface area contributed by atoms with Gasteiger partial charge in [0.1, 0.15) is 17.5 Å². The Hall–Kier alpha value is -2.97. The molecule has 0 aromatic heterocycles. The molecule has 0 radical (unpaired) electrons. The summed E-state index contributed by atoms with van der Waals surface area (Å²) in [6, 6.07) is 8.98. The average Bonchev–Trinajstić information content (AvgIpc) is 3.16. The van der Waals surface area contributed by atoms with Crippen molar-refractivity contribution < 1.29 is 23.9 Å². The number of carbonyl (C=O) groups is 3. The van der Waals surface area contributed by atoms with Gasteiger partial charge in [0.15, 0.2) is 0 Å².